The van der Waals surface area contributed by atoms with E-state index in [2.05, 4.69) is 5.32 Å². The molecule has 0 aromatic heterocycles. The lowest BCUT2D eigenvalue weighted by atomic mass is 10.2. The van der Waals surface area contributed by atoms with E-state index < -0.39 is 46.8 Å². The second kappa shape index (κ2) is 10.5. The number of amides is 2. The lowest BCUT2D eigenvalue weighted by molar-refractivity contribution is -0.343. The van der Waals surface area contributed by atoms with E-state index in [0.29, 0.717) is 30.1 Å². The van der Waals surface area contributed by atoms with E-state index in [1.807, 2.05) is 0 Å². The number of hydrogen-bond acceptors (Lipinski definition) is 4. The average Bonchev–Trinajstić information content (AvgIpc) is 2.65. The highest BCUT2D eigenvalue weighted by Crippen LogP contribution is 2.27. The first-order chi connectivity index (χ1) is 12.7. The SMILES string of the molecule is CCOC(CCCNC(=O)Nc1c(F)c(F)c(F)c(F)c1F)(O[SiH3])OCC. The standard InChI is InChI=1S/C15H21F5N2O4Si/c1-3-24-15(26-27,25-4-2)6-5-7-21-14(23)22-13-11(19)9(17)8(16)10(18)12(13)20/h3-7H2,1-2,27H3,(H2,21,22,23). The van der Waals surface area contributed by atoms with E-state index in [9.17, 15) is 26.7 Å². The van der Waals surface area contributed by atoms with Gasteiger partial charge in [-0.25, -0.2) is 26.7 Å². The normalized spacial score (nSPS) is 11.7. The Labute approximate surface area is 155 Å². The van der Waals surface area contributed by atoms with Crippen molar-refractivity contribution in [1.82, 2.24) is 5.32 Å². The number of ether oxygens (including phenoxy) is 2. The molecule has 1 aromatic carbocycles. The van der Waals surface area contributed by atoms with Gasteiger partial charge in [0.15, 0.2) is 33.8 Å². The molecule has 2 N–H and O–H groups in total. The largest absolute Gasteiger partial charge is 0.380 e. The third kappa shape index (κ3) is 5.86. The summed E-state index contributed by atoms with van der Waals surface area (Å²) in [6, 6.07) is -1.14. The molecule has 0 bridgehead atoms. The number of urea groups is 1. The van der Waals surface area contributed by atoms with E-state index in [0.717, 1.165) is 0 Å². The van der Waals surface area contributed by atoms with Crippen LogP contribution in [0.4, 0.5) is 32.4 Å². The van der Waals surface area contributed by atoms with Crippen molar-refractivity contribution >= 4 is 22.2 Å². The summed E-state index contributed by atoms with van der Waals surface area (Å²) in [5, 5.41) is 3.86. The van der Waals surface area contributed by atoms with E-state index in [1.54, 1.807) is 19.2 Å². The molecule has 0 fully saturated rings. The van der Waals surface area contributed by atoms with Gasteiger partial charge in [0.2, 0.25) is 5.82 Å². The maximum atomic E-state index is 13.5. The first-order valence-electron chi connectivity index (χ1n) is 8.12. The van der Waals surface area contributed by atoms with Crippen molar-refractivity contribution in [3.05, 3.63) is 29.1 Å². The minimum atomic E-state index is -2.30. The summed E-state index contributed by atoms with van der Waals surface area (Å²) >= 11 is 0. The Morgan fingerprint density at radius 1 is 0.963 bits per heavy atom. The minimum absolute atomic E-state index is 0.00798. The van der Waals surface area contributed by atoms with E-state index in [4.69, 9.17) is 13.9 Å². The zero-order valence-electron chi connectivity index (χ0n) is 15.1. The Morgan fingerprint density at radius 2 is 1.44 bits per heavy atom. The molecule has 27 heavy (non-hydrogen) atoms. The predicted molar refractivity (Wildman–Crippen MR) is 89.5 cm³/mol. The molecule has 6 nitrogen and oxygen atoms in total. The quantitative estimate of drug-likeness (QED) is 0.153. The van der Waals surface area contributed by atoms with Gasteiger partial charge in [0.25, 0.3) is 5.97 Å². The zero-order valence-corrected chi connectivity index (χ0v) is 17.1. The van der Waals surface area contributed by atoms with Gasteiger partial charge in [0.05, 0.1) is 0 Å². The molecule has 0 aliphatic heterocycles. The Kier molecular flexibility index (Phi) is 9.09. The van der Waals surface area contributed by atoms with Gasteiger partial charge in [-0.2, -0.15) is 0 Å². The van der Waals surface area contributed by atoms with Gasteiger partial charge in [0, 0.05) is 26.2 Å². The molecule has 0 radical (unpaired) electrons. The molecule has 0 atom stereocenters. The first kappa shape index (κ1) is 23.3. The highest BCUT2D eigenvalue weighted by molar-refractivity contribution is 5.98. The van der Waals surface area contributed by atoms with Crippen LogP contribution in [0, 0.1) is 29.1 Å². The number of halogens is 5. The Balaban J connectivity index is 2.65. The predicted octanol–water partition coefficient (Wildman–Crippen LogP) is 2.31. The summed E-state index contributed by atoms with van der Waals surface area (Å²) in [5.74, 6) is -12.1. The first-order valence-corrected chi connectivity index (χ1v) is 8.93. The zero-order chi connectivity index (χ0) is 20.6. The number of carbonyl (C=O) groups is 1. The number of anilines is 1. The molecule has 12 heteroatoms. The highest BCUT2D eigenvalue weighted by Gasteiger charge is 2.30. The van der Waals surface area contributed by atoms with Crippen LogP contribution >= 0.6 is 0 Å². The minimum Gasteiger partial charge on any atom is -0.380 e. The second-order valence-corrected chi connectivity index (χ2v) is 5.59. The van der Waals surface area contributed by atoms with Crippen LogP contribution in [-0.2, 0) is 13.9 Å². The van der Waals surface area contributed by atoms with E-state index in [-0.39, 0.29) is 13.0 Å². The maximum Gasteiger partial charge on any atom is 0.319 e. The van der Waals surface area contributed by atoms with Crippen LogP contribution in [0.25, 0.3) is 0 Å². The van der Waals surface area contributed by atoms with E-state index >= 15 is 0 Å². The molecule has 2 amide bonds. The molecule has 0 aliphatic carbocycles. The third-order valence-electron chi connectivity index (χ3n) is 3.43. The Bertz CT molecular complexity index is 631. The molecular weight excluding hydrogens is 395 g/mol. The third-order valence-corrected chi connectivity index (χ3v) is 4.06. The van der Waals surface area contributed by atoms with Gasteiger partial charge in [-0.05, 0) is 20.3 Å². The van der Waals surface area contributed by atoms with Crippen LogP contribution in [0.3, 0.4) is 0 Å². The van der Waals surface area contributed by atoms with Crippen LogP contribution in [0.2, 0.25) is 0 Å². The molecule has 0 saturated carbocycles. The monoisotopic (exact) mass is 416 g/mol. The van der Waals surface area contributed by atoms with Crippen LogP contribution < -0.4 is 10.6 Å². The van der Waals surface area contributed by atoms with Crippen molar-refractivity contribution in [3.63, 3.8) is 0 Å². The summed E-state index contributed by atoms with van der Waals surface area (Å²) in [4.78, 5) is 11.7. The van der Waals surface area contributed by atoms with Crippen molar-refractivity contribution in [2.75, 3.05) is 25.1 Å². The molecule has 0 saturated heterocycles. The number of benzene rings is 1. The average molecular weight is 416 g/mol. The fourth-order valence-electron chi connectivity index (χ4n) is 2.22. The Hall–Kier alpha value is -1.76. The van der Waals surface area contributed by atoms with Gasteiger partial charge in [-0.3, -0.25) is 0 Å². The van der Waals surface area contributed by atoms with Crippen molar-refractivity contribution in [1.29, 1.82) is 0 Å². The summed E-state index contributed by atoms with van der Waals surface area (Å²) in [6.07, 6.45) is 0.549. The molecule has 0 heterocycles. The lowest BCUT2D eigenvalue weighted by Gasteiger charge is -2.31. The van der Waals surface area contributed by atoms with Crippen LogP contribution in [0.5, 0.6) is 0 Å². The van der Waals surface area contributed by atoms with Crippen molar-refractivity contribution in [2.24, 2.45) is 0 Å². The second-order valence-electron chi connectivity index (χ2n) is 5.18. The molecule has 0 unspecified atom stereocenters. The fourth-order valence-corrected chi connectivity index (χ4v) is 2.66. The highest BCUT2D eigenvalue weighted by atomic mass is 28.2. The summed E-state index contributed by atoms with van der Waals surface area (Å²) in [6.45, 7) is 4.18. The molecule has 1 aromatic rings. The van der Waals surface area contributed by atoms with Gasteiger partial charge >= 0.3 is 6.03 Å². The summed E-state index contributed by atoms with van der Waals surface area (Å²) in [7, 11) is 0.334. The number of rotatable bonds is 10. The van der Waals surface area contributed by atoms with Gasteiger partial charge < -0.3 is 24.5 Å². The number of nitrogens with one attached hydrogen (secondary N) is 2. The summed E-state index contributed by atoms with van der Waals surface area (Å²) in [5.41, 5.74) is -1.43. The lowest BCUT2D eigenvalue weighted by Crippen LogP contribution is -2.40. The van der Waals surface area contributed by atoms with Gasteiger partial charge in [0.1, 0.15) is 5.69 Å². The number of carbonyl (C=O) groups excluding carboxylic acids is 1. The molecule has 154 valence electrons. The van der Waals surface area contributed by atoms with Gasteiger partial charge in [-0.15, -0.1) is 0 Å². The van der Waals surface area contributed by atoms with Crippen molar-refractivity contribution in [2.45, 2.75) is 32.7 Å². The molecule has 1 rings (SSSR count). The molecular formula is C15H21F5N2O4Si. The summed E-state index contributed by atoms with van der Waals surface area (Å²) < 4.78 is 82.4. The number of hydrogen-bond donors (Lipinski definition) is 2. The van der Waals surface area contributed by atoms with Crippen LogP contribution in [0.15, 0.2) is 0 Å². The van der Waals surface area contributed by atoms with Crippen molar-refractivity contribution in [3.8, 4) is 0 Å². The topological polar surface area (TPSA) is 68.8 Å². The van der Waals surface area contributed by atoms with Crippen LogP contribution in [0.1, 0.15) is 26.7 Å². The fraction of sp³-hybridized carbons (Fsp3) is 0.533. The smallest absolute Gasteiger partial charge is 0.319 e. The van der Waals surface area contributed by atoms with Crippen molar-refractivity contribution < 1.29 is 40.6 Å². The van der Waals surface area contributed by atoms with Gasteiger partial charge in [-0.1, -0.05) is 0 Å². The van der Waals surface area contributed by atoms with Crippen LogP contribution in [-0.4, -0.2) is 42.2 Å². The Morgan fingerprint density at radius 3 is 1.89 bits per heavy atom. The van der Waals surface area contributed by atoms with E-state index in [1.165, 1.54) is 0 Å². The maximum absolute atomic E-state index is 13.5. The molecule has 0 aliphatic rings. The molecule has 0 spiro atoms.